The zero-order chi connectivity index (χ0) is 14.6. The highest BCUT2D eigenvalue weighted by Crippen LogP contribution is 2.16. The Balaban J connectivity index is 2.12. The highest BCUT2D eigenvalue weighted by Gasteiger charge is 2.01. The molecular formula is C20H29. The van der Waals surface area contributed by atoms with Crippen molar-refractivity contribution >= 4 is 0 Å². The molecule has 0 fully saturated rings. The van der Waals surface area contributed by atoms with Crippen LogP contribution in [0.2, 0.25) is 0 Å². The van der Waals surface area contributed by atoms with Crippen LogP contribution in [-0.2, 0) is 6.42 Å². The lowest BCUT2D eigenvalue weighted by Gasteiger charge is -2.06. The van der Waals surface area contributed by atoms with Crippen LogP contribution in [0.5, 0.6) is 0 Å². The number of aryl methyl sites for hydroxylation is 1. The lowest BCUT2D eigenvalue weighted by Crippen LogP contribution is -1.91. The Morgan fingerprint density at radius 1 is 0.900 bits per heavy atom. The molecule has 0 aliphatic carbocycles. The molecule has 0 aliphatic heterocycles. The minimum atomic E-state index is 0.118. The molecule has 109 valence electrons. The van der Waals surface area contributed by atoms with Gasteiger partial charge in [0.05, 0.1) is 0 Å². The number of rotatable bonds is 10. The van der Waals surface area contributed by atoms with E-state index in [1.54, 1.807) is 0 Å². The van der Waals surface area contributed by atoms with Gasteiger partial charge in [0, 0.05) is 5.92 Å². The van der Waals surface area contributed by atoms with E-state index in [9.17, 15) is 0 Å². The van der Waals surface area contributed by atoms with E-state index in [-0.39, 0.29) is 5.92 Å². The molecule has 0 amide bonds. The molecular weight excluding hydrogens is 240 g/mol. The summed E-state index contributed by atoms with van der Waals surface area (Å²) in [7, 11) is 0. The molecule has 1 unspecified atom stereocenters. The van der Waals surface area contributed by atoms with Gasteiger partial charge in [0.1, 0.15) is 0 Å². The predicted molar refractivity (Wildman–Crippen MR) is 88.3 cm³/mol. The third kappa shape index (κ3) is 6.80. The molecule has 0 heterocycles. The van der Waals surface area contributed by atoms with Gasteiger partial charge in [0.2, 0.25) is 0 Å². The predicted octanol–water partition coefficient (Wildman–Crippen LogP) is 6.06. The largest absolute Gasteiger partial charge is 0.0812 e. The van der Waals surface area contributed by atoms with Crippen LogP contribution in [0, 0.1) is 12.3 Å². The summed E-state index contributed by atoms with van der Waals surface area (Å²) in [6.45, 7) is 4.28. The molecule has 1 aromatic rings. The minimum absolute atomic E-state index is 0.118. The number of hydrogen-bond acceptors (Lipinski definition) is 0. The topological polar surface area (TPSA) is 0 Å². The molecule has 1 aromatic carbocycles. The molecule has 0 aromatic heterocycles. The summed E-state index contributed by atoms with van der Waals surface area (Å²) >= 11 is 0. The van der Waals surface area contributed by atoms with Gasteiger partial charge in [-0.15, -0.1) is 0 Å². The number of benzene rings is 1. The average molecular weight is 269 g/mol. The van der Waals surface area contributed by atoms with Gasteiger partial charge in [-0.05, 0) is 37.3 Å². The maximum absolute atomic E-state index is 7.17. The fourth-order valence-electron chi connectivity index (χ4n) is 2.52. The quantitative estimate of drug-likeness (QED) is 0.357. The molecule has 0 bridgehead atoms. The first-order chi connectivity index (χ1) is 9.77. The Bertz CT molecular complexity index is 379. The van der Waals surface area contributed by atoms with Gasteiger partial charge < -0.3 is 0 Å². The fraction of sp³-hybridized carbons (Fsp3) is 0.600. The second kappa shape index (κ2) is 10.6. The van der Waals surface area contributed by atoms with Crippen LogP contribution < -0.4 is 0 Å². The first kappa shape index (κ1) is 16.8. The van der Waals surface area contributed by atoms with E-state index in [4.69, 9.17) is 6.42 Å². The van der Waals surface area contributed by atoms with Crippen LogP contribution in [0.4, 0.5) is 0 Å². The van der Waals surface area contributed by atoms with Gasteiger partial charge in [-0.25, -0.2) is 0 Å². The van der Waals surface area contributed by atoms with Gasteiger partial charge in [-0.3, -0.25) is 0 Å². The van der Waals surface area contributed by atoms with Gasteiger partial charge in [-0.1, -0.05) is 82.1 Å². The van der Waals surface area contributed by atoms with Crippen molar-refractivity contribution in [2.75, 3.05) is 0 Å². The normalized spacial score (nSPS) is 12.1. The molecule has 0 saturated heterocycles. The Kier molecular flexibility index (Phi) is 8.88. The summed E-state index contributed by atoms with van der Waals surface area (Å²) < 4.78 is 0. The molecule has 1 radical (unpaired) electrons. The Labute approximate surface area is 126 Å². The van der Waals surface area contributed by atoms with Crippen molar-refractivity contribution in [1.82, 2.24) is 0 Å². The van der Waals surface area contributed by atoms with E-state index in [1.165, 1.54) is 68.9 Å². The molecule has 0 N–H and O–H groups in total. The standard InChI is InChI=1S/C20H29/c1-4-6-7-8-9-10-11-12-13-19-14-16-20(17-15-19)18(3)5-2/h14-18H,4,6-13H2,1,3H3. The Morgan fingerprint density at radius 3 is 2.00 bits per heavy atom. The van der Waals surface area contributed by atoms with Crippen molar-refractivity contribution in [2.45, 2.75) is 77.6 Å². The van der Waals surface area contributed by atoms with E-state index in [0.29, 0.717) is 0 Å². The van der Waals surface area contributed by atoms with Crippen LogP contribution in [0.3, 0.4) is 0 Å². The molecule has 0 aliphatic rings. The summed E-state index contributed by atoms with van der Waals surface area (Å²) in [6.07, 6.45) is 19.4. The van der Waals surface area contributed by atoms with Crippen LogP contribution in [0.1, 0.15) is 82.3 Å². The molecule has 0 saturated carbocycles. The maximum Gasteiger partial charge on any atom is 0.0434 e. The van der Waals surface area contributed by atoms with Crippen molar-refractivity contribution in [3.63, 3.8) is 0 Å². The second-order valence-corrected chi connectivity index (χ2v) is 5.83. The Hall–Kier alpha value is -1.22. The first-order valence-corrected chi connectivity index (χ1v) is 8.29. The van der Waals surface area contributed by atoms with Crippen molar-refractivity contribution in [3.05, 3.63) is 41.8 Å². The van der Waals surface area contributed by atoms with Gasteiger partial charge in [-0.2, -0.15) is 0 Å². The number of unbranched alkanes of at least 4 members (excludes halogenated alkanes) is 7. The minimum Gasteiger partial charge on any atom is -0.0812 e. The van der Waals surface area contributed by atoms with Crippen LogP contribution >= 0.6 is 0 Å². The van der Waals surface area contributed by atoms with Gasteiger partial charge in [0.25, 0.3) is 0 Å². The number of hydrogen-bond donors (Lipinski definition) is 0. The highest BCUT2D eigenvalue weighted by molar-refractivity contribution is 5.28. The van der Waals surface area contributed by atoms with Crippen molar-refractivity contribution in [3.8, 4) is 5.92 Å². The lowest BCUT2D eigenvalue weighted by atomic mass is 9.98. The third-order valence-corrected chi connectivity index (χ3v) is 4.02. The monoisotopic (exact) mass is 269 g/mol. The molecule has 20 heavy (non-hydrogen) atoms. The van der Waals surface area contributed by atoms with E-state index >= 15 is 0 Å². The smallest absolute Gasteiger partial charge is 0.0434 e. The van der Waals surface area contributed by atoms with Gasteiger partial charge >= 0.3 is 0 Å². The van der Waals surface area contributed by atoms with Crippen molar-refractivity contribution < 1.29 is 0 Å². The molecule has 1 rings (SSSR count). The summed E-state index contributed by atoms with van der Waals surface area (Å²) in [5, 5.41) is 0. The molecule has 1 atom stereocenters. The molecule has 0 heteroatoms. The van der Waals surface area contributed by atoms with Crippen LogP contribution in [-0.4, -0.2) is 0 Å². The zero-order valence-corrected chi connectivity index (χ0v) is 13.3. The van der Waals surface area contributed by atoms with E-state index in [0.717, 1.165) is 0 Å². The first-order valence-electron chi connectivity index (χ1n) is 8.29. The van der Waals surface area contributed by atoms with Gasteiger partial charge in [0.15, 0.2) is 0 Å². The van der Waals surface area contributed by atoms with E-state index in [2.05, 4.69) is 37.1 Å². The summed E-state index contributed by atoms with van der Waals surface area (Å²) in [5.74, 6) is 2.65. The van der Waals surface area contributed by atoms with Crippen LogP contribution in [0.25, 0.3) is 0 Å². The summed E-state index contributed by atoms with van der Waals surface area (Å²) in [5.41, 5.74) is 2.62. The SMILES string of the molecule is [C]#CC(C)c1ccc(CCCCCCCCCC)cc1. The maximum atomic E-state index is 7.17. The second-order valence-electron chi connectivity index (χ2n) is 5.83. The summed E-state index contributed by atoms with van der Waals surface area (Å²) in [4.78, 5) is 0. The highest BCUT2D eigenvalue weighted by atomic mass is 14.1. The van der Waals surface area contributed by atoms with Crippen molar-refractivity contribution in [2.24, 2.45) is 0 Å². The molecule has 0 spiro atoms. The van der Waals surface area contributed by atoms with Crippen LogP contribution in [0.15, 0.2) is 24.3 Å². The third-order valence-electron chi connectivity index (χ3n) is 4.02. The average Bonchev–Trinajstić information content (AvgIpc) is 2.50. The van der Waals surface area contributed by atoms with Crippen molar-refractivity contribution in [1.29, 1.82) is 0 Å². The Morgan fingerprint density at radius 2 is 1.45 bits per heavy atom. The zero-order valence-electron chi connectivity index (χ0n) is 13.3. The fourth-order valence-corrected chi connectivity index (χ4v) is 2.52. The molecule has 0 nitrogen and oxygen atoms in total. The van der Waals surface area contributed by atoms with E-state index < -0.39 is 0 Å². The lowest BCUT2D eigenvalue weighted by molar-refractivity contribution is 0.575. The summed E-state index contributed by atoms with van der Waals surface area (Å²) in [6, 6.07) is 8.72. The van der Waals surface area contributed by atoms with E-state index in [1.807, 2.05) is 6.92 Å².